The molecule has 7 nitrogen and oxygen atoms in total. The fourth-order valence-electron chi connectivity index (χ4n) is 2.46. The highest BCUT2D eigenvalue weighted by Crippen LogP contribution is 2.29. The Bertz CT molecular complexity index is 1000. The van der Waals surface area contributed by atoms with E-state index in [1.807, 2.05) is 6.92 Å². The minimum atomic E-state index is -4.44. The maximum Gasteiger partial charge on any atom is 0.416 e. The highest BCUT2D eigenvalue weighted by atomic mass is 19.4. The van der Waals surface area contributed by atoms with Crippen LogP contribution in [0.15, 0.2) is 43.0 Å². The lowest BCUT2D eigenvalue weighted by Gasteiger charge is -2.11. The molecule has 0 bridgehead atoms. The molecule has 0 radical (unpaired) electrons. The van der Waals surface area contributed by atoms with E-state index in [4.69, 9.17) is 4.74 Å². The molecule has 146 valence electrons. The predicted octanol–water partition coefficient (Wildman–Crippen LogP) is 2.93. The standard InChI is InChI=1S/C18H16F3N5O2/c1-11-9-26(10-24-11)15-17(28-2)25-14(8-22-15)16(27)23-7-12-4-3-5-13(6-12)18(19,20)21/h3-6,8-10H,7H2,1-2H3,(H,23,27). The molecule has 0 aliphatic rings. The van der Waals surface area contributed by atoms with Crippen molar-refractivity contribution >= 4 is 5.91 Å². The molecule has 0 fully saturated rings. The van der Waals surface area contributed by atoms with Crippen LogP contribution in [0.3, 0.4) is 0 Å². The van der Waals surface area contributed by atoms with Gasteiger partial charge in [-0.2, -0.15) is 13.2 Å². The molecule has 10 heteroatoms. The molecule has 0 aliphatic carbocycles. The van der Waals surface area contributed by atoms with Crippen molar-refractivity contribution in [1.29, 1.82) is 0 Å². The van der Waals surface area contributed by atoms with Crippen molar-refractivity contribution in [2.45, 2.75) is 19.6 Å². The summed E-state index contributed by atoms with van der Waals surface area (Å²) in [6.07, 6.45) is 0.0736. The molecule has 0 saturated heterocycles. The van der Waals surface area contributed by atoms with E-state index in [0.717, 1.165) is 17.8 Å². The van der Waals surface area contributed by atoms with E-state index in [1.54, 1.807) is 10.8 Å². The van der Waals surface area contributed by atoms with E-state index < -0.39 is 17.6 Å². The van der Waals surface area contributed by atoms with Crippen LogP contribution in [0.5, 0.6) is 5.88 Å². The van der Waals surface area contributed by atoms with Crippen molar-refractivity contribution in [2.75, 3.05) is 7.11 Å². The largest absolute Gasteiger partial charge is 0.478 e. The van der Waals surface area contributed by atoms with Crippen molar-refractivity contribution in [2.24, 2.45) is 0 Å². The number of alkyl halides is 3. The second kappa shape index (κ2) is 7.67. The molecular weight excluding hydrogens is 375 g/mol. The van der Waals surface area contributed by atoms with Gasteiger partial charge < -0.3 is 10.1 Å². The van der Waals surface area contributed by atoms with Gasteiger partial charge in [-0.1, -0.05) is 12.1 Å². The van der Waals surface area contributed by atoms with Crippen LogP contribution >= 0.6 is 0 Å². The van der Waals surface area contributed by atoms with Crippen molar-refractivity contribution in [1.82, 2.24) is 24.8 Å². The second-order valence-electron chi connectivity index (χ2n) is 5.89. The molecule has 0 unspecified atom stereocenters. The average molecular weight is 391 g/mol. The molecule has 0 atom stereocenters. The molecule has 0 spiro atoms. The van der Waals surface area contributed by atoms with Gasteiger partial charge in [-0.05, 0) is 24.6 Å². The van der Waals surface area contributed by atoms with E-state index in [9.17, 15) is 18.0 Å². The van der Waals surface area contributed by atoms with E-state index in [0.29, 0.717) is 11.4 Å². The number of hydrogen-bond donors (Lipinski definition) is 1. The Morgan fingerprint density at radius 1 is 1.29 bits per heavy atom. The maximum absolute atomic E-state index is 12.8. The lowest BCUT2D eigenvalue weighted by atomic mass is 10.1. The first kappa shape index (κ1) is 19.3. The number of imidazole rings is 1. The Morgan fingerprint density at radius 3 is 2.71 bits per heavy atom. The number of nitrogens with one attached hydrogen (secondary N) is 1. The fourth-order valence-corrected chi connectivity index (χ4v) is 2.46. The van der Waals surface area contributed by atoms with Crippen LogP contribution < -0.4 is 10.1 Å². The highest BCUT2D eigenvalue weighted by Gasteiger charge is 2.30. The molecule has 0 saturated carbocycles. The van der Waals surface area contributed by atoms with Crippen LogP contribution in [0.4, 0.5) is 13.2 Å². The monoisotopic (exact) mass is 391 g/mol. The normalized spacial score (nSPS) is 11.3. The third-order valence-electron chi connectivity index (χ3n) is 3.81. The summed E-state index contributed by atoms with van der Waals surface area (Å²) in [4.78, 5) is 24.7. The van der Waals surface area contributed by atoms with Crippen LogP contribution in [-0.2, 0) is 12.7 Å². The SMILES string of the molecule is COc1nc(C(=O)NCc2cccc(C(F)(F)F)c2)cnc1-n1cnc(C)c1. The number of carbonyl (C=O) groups excluding carboxylic acids is 1. The van der Waals surface area contributed by atoms with Gasteiger partial charge in [0.2, 0.25) is 5.82 Å². The van der Waals surface area contributed by atoms with Crippen molar-refractivity contribution in [3.63, 3.8) is 0 Å². The number of nitrogens with zero attached hydrogens (tertiary/aromatic N) is 4. The number of methoxy groups -OCH3 is 1. The van der Waals surface area contributed by atoms with Gasteiger partial charge in [0, 0.05) is 12.7 Å². The third kappa shape index (κ3) is 4.27. The summed E-state index contributed by atoms with van der Waals surface area (Å²) in [6.45, 7) is 1.72. The first-order chi connectivity index (χ1) is 13.3. The second-order valence-corrected chi connectivity index (χ2v) is 5.89. The molecule has 1 amide bonds. The van der Waals surface area contributed by atoms with Crippen molar-refractivity contribution in [3.05, 3.63) is 65.5 Å². The van der Waals surface area contributed by atoms with Gasteiger partial charge in [-0.15, -0.1) is 0 Å². The van der Waals surface area contributed by atoms with Crippen LogP contribution in [0.25, 0.3) is 5.82 Å². The Labute approximate surface area is 158 Å². The molecule has 1 N–H and O–H groups in total. The van der Waals surface area contributed by atoms with Gasteiger partial charge in [0.05, 0.1) is 24.6 Å². The Hall–Kier alpha value is -3.43. The Morgan fingerprint density at radius 2 is 2.07 bits per heavy atom. The molecule has 3 rings (SSSR count). The summed E-state index contributed by atoms with van der Waals surface area (Å²) in [5.74, 6) is -0.113. The topological polar surface area (TPSA) is 81.9 Å². The van der Waals surface area contributed by atoms with E-state index in [1.165, 1.54) is 31.8 Å². The number of aryl methyl sites for hydroxylation is 1. The highest BCUT2D eigenvalue weighted by molar-refractivity contribution is 5.92. The van der Waals surface area contributed by atoms with Gasteiger partial charge >= 0.3 is 6.18 Å². The smallest absolute Gasteiger partial charge is 0.416 e. The lowest BCUT2D eigenvalue weighted by Crippen LogP contribution is -2.24. The number of benzene rings is 1. The van der Waals surface area contributed by atoms with Crippen molar-refractivity contribution < 1.29 is 22.7 Å². The third-order valence-corrected chi connectivity index (χ3v) is 3.81. The number of ether oxygens (including phenoxy) is 1. The first-order valence-corrected chi connectivity index (χ1v) is 8.14. The molecule has 28 heavy (non-hydrogen) atoms. The average Bonchev–Trinajstić information content (AvgIpc) is 3.11. The summed E-state index contributed by atoms with van der Waals surface area (Å²) in [7, 11) is 1.39. The number of aromatic nitrogens is 4. The summed E-state index contributed by atoms with van der Waals surface area (Å²) in [5, 5.41) is 2.53. The number of amides is 1. The van der Waals surface area contributed by atoms with Gasteiger partial charge in [-0.25, -0.2) is 15.0 Å². The summed E-state index contributed by atoms with van der Waals surface area (Å²) in [5.41, 5.74) is 0.283. The summed E-state index contributed by atoms with van der Waals surface area (Å²) >= 11 is 0. The van der Waals surface area contributed by atoms with Crippen LogP contribution in [-0.4, -0.2) is 32.5 Å². The zero-order valence-corrected chi connectivity index (χ0v) is 15.0. The van der Waals surface area contributed by atoms with Gasteiger partial charge in [0.1, 0.15) is 6.33 Å². The number of carbonyl (C=O) groups is 1. The molecule has 2 heterocycles. The predicted molar refractivity (Wildman–Crippen MR) is 93.1 cm³/mol. The maximum atomic E-state index is 12.8. The van der Waals surface area contributed by atoms with Crippen LogP contribution in [0.2, 0.25) is 0 Å². The zero-order valence-electron chi connectivity index (χ0n) is 15.0. The Balaban J connectivity index is 1.74. The molecular formula is C18H16F3N5O2. The van der Waals surface area contributed by atoms with Gasteiger partial charge in [0.25, 0.3) is 11.8 Å². The minimum Gasteiger partial charge on any atom is -0.478 e. The molecule has 2 aromatic heterocycles. The molecule has 3 aromatic rings. The quantitative estimate of drug-likeness (QED) is 0.723. The molecule has 0 aliphatic heterocycles. The lowest BCUT2D eigenvalue weighted by molar-refractivity contribution is -0.137. The number of rotatable bonds is 5. The van der Waals surface area contributed by atoms with Crippen LogP contribution in [0.1, 0.15) is 27.3 Å². The van der Waals surface area contributed by atoms with Gasteiger partial charge in [-0.3, -0.25) is 9.36 Å². The Kier molecular flexibility index (Phi) is 5.30. The molecule has 1 aromatic carbocycles. The number of halogens is 3. The summed E-state index contributed by atoms with van der Waals surface area (Å²) < 4.78 is 45.1. The van der Waals surface area contributed by atoms with Crippen LogP contribution in [0, 0.1) is 6.92 Å². The minimum absolute atomic E-state index is 0.0237. The summed E-state index contributed by atoms with van der Waals surface area (Å²) in [6, 6.07) is 4.73. The zero-order chi connectivity index (χ0) is 20.3. The fraction of sp³-hybridized carbons (Fsp3) is 0.222. The van der Waals surface area contributed by atoms with Crippen molar-refractivity contribution in [3.8, 4) is 11.7 Å². The van der Waals surface area contributed by atoms with E-state index in [2.05, 4.69) is 20.3 Å². The van der Waals surface area contributed by atoms with Gasteiger partial charge in [0.15, 0.2) is 5.69 Å². The first-order valence-electron chi connectivity index (χ1n) is 8.14. The van der Waals surface area contributed by atoms with E-state index >= 15 is 0 Å². The van der Waals surface area contributed by atoms with E-state index in [-0.39, 0.29) is 18.1 Å². The number of hydrogen-bond acceptors (Lipinski definition) is 5.